The van der Waals surface area contributed by atoms with Crippen LogP contribution in [-0.2, 0) is 6.42 Å². The number of carbonyl (C=O) groups excluding carboxylic acids is 1. The molecule has 1 aliphatic rings. The number of amides is 2. The van der Waals surface area contributed by atoms with E-state index in [1.54, 1.807) is 4.90 Å². The number of β-amino-alcohol motifs (C(OH)–C–C–N with tert-alkyl or cyclic N) is 1. The van der Waals surface area contributed by atoms with Gasteiger partial charge in [-0.15, -0.1) is 10.2 Å². The minimum atomic E-state index is -0.602. The molecule has 1 fully saturated rings. The van der Waals surface area contributed by atoms with Crippen LogP contribution in [0.4, 0.5) is 10.5 Å². The standard InChI is InChI=1S/C18H24N4O3/c1-4-16-20-21-17(25-16)15-9-14(23)10-22(15)18(24)19-13-7-5-6-12(8-13)11(2)3/h5-8,11,14-15,23H,4,9-10H2,1-3H3,(H,19,24)/t14-,15-/m1/s1. The lowest BCUT2D eigenvalue weighted by molar-refractivity contribution is 0.175. The highest BCUT2D eigenvalue weighted by Crippen LogP contribution is 2.32. The van der Waals surface area contributed by atoms with Crippen molar-refractivity contribution in [1.82, 2.24) is 15.1 Å². The topological polar surface area (TPSA) is 91.5 Å². The third kappa shape index (κ3) is 3.82. The quantitative estimate of drug-likeness (QED) is 0.889. The summed E-state index contributed by atoms with van der Waals surface area (Å²) >= 11 is 0. The van der Waals surface area contributed by atoms with E-state index in [1.807, 2.05) is 31.2 Å². The molecule has 7 heteroatoms. The minimum Gasteiger partial charge on any atom is -0.423 e. The molecule has 1 saturated heterocycles. The number of hydrogen-bond donors (Lipinski definition) is 2. The SMILES string of the molecule is CCc1nnc([C@H]2C[C@@H](O)CN2C(=O)Nc2cccc(C(C)C)c2)o1. The van der Waals surface area contributed by atoms with Crippen LogP contribution >= 0.6 is 0 Å². The third-order valence-corrected chi connectivity index (χ3v) is 4.41. The summed E-state index contributed by atoms with van der Waals surface area (Å²) < 4.78 is 5.59. The van der Waals surface area contributed by atoms with E-state index >= 15 is 0 Å². The highest BCUT2D eigenvalue weighted by molar-refractivity contribution is 5.89. The molecule has 1 aliphatic heterocycles. The van der Waals surface area contributed by atoms with Gasteiger partial charge in [-0.25, -0.2) is 4.79 Å². The molecule has 0 bridgehead atoms. The van der Waals surface area contributed by atoms with E-state index in [0.29, 0.717) is 30.5 Å². The van der Waals surface area contributed by atoms with Gasteiger partial charge in [0.15, 0.2) is 0 Å². The van der Waals surface area contributed by atoms with Crippen LogP contribution in [0.25, 0.3) is 0 Å². The first-order valence-electron chi connectivity index (χ1n) is 8.65. The van der Waals surface area contributed by atoms with E-state index in [-0.39, 0.29) is 12.6 Å². The number of aromatic nitrogens is 2. The monoisotopic (exact) mass is 344 g/mol. The molecule has 2 N–H and O–H groups in total. The van der Waals surface area contributed by atoms with Crippen molar-refractivity contribution < 1.29 is 14.3 Å². The lowest BCUT2D eigenvalue weighted by atomic mass is 10.0. The Bertz CT molecular complexity index is 743. The van der Waals surface area contributed by atoms with Gasteiger partial charge in [-0.05, 0) is 23.6 Å². The summed E-state index contributed by atoms with van der Waals surface area (Å²) in [6.07, 6.45) is 0.427. The van der Waals surface area contributed by atoms with Gasteiger partial charge in [0, 0.05) is 25.1 Å². The molecule has 0 aliphatic carbocycles. The van der Waals surface area contributed by atoms with E-state index in [4.69, 9.17) is 4.42 Å². The van der Waals surface area contributed by atoms with Crippen molar-refractivity contribution in [2.24, 2.45) is 0 Å². The summed E-state index contributed by atoms with van der Waals surface area (Å²) in [4.78, 5) is 14.3. The molecule has 0 saturated carbocycles. The number of aliphatic hydroxyl groups is 1. The lowest BCUT2D eigenvalue weighted by Crippen LogP contribution is -2.35. The Balaban J connectivity index is 1.76. The van der Waals surface area contributed by atoms with Gasteiger partial charge < -0.3 is 19.7 Å². The number of carbonyl (C=O) groups is 1. The fourth-order valence-corrected chi connectivity index (χ4v) is 2.99. The lowest BCUT2D eigenvalue weighted by Gasteiger charge is -2.22. The Morgan fingerprint density at radius 1 is 1.44 bits per heavy atom. The van der Waals surface area contributed by atoms with Crippen molar-refractivity contribution in [1.29, 1.82) is 0 Å². The molecule has 1 aromatic heterocycles. The van der Waals surface area contributed by atoms with Crippen LogP contribution in [0, 0.1) is 0 Å². The van der Waals surface area contributed by atoms with Crippen LogP contribution in [-0.4, -0.2) is 38.9 Å². The summed E-state index contributed by atoms with van der Waals surface area (Å²) in [7, 11) is 0. The number of likely N-dealkylation sites (tertiary alicyclic amines) is 1. The van der Waals surface area contributed by atoms with E-state index < -0.39 is 12.1 Å². The second-order valence-corrected chi connectivity index (χ2v) is 6.66. The molecule has 2 amide bonds. The van der Waals surface area contributed by atoms with Gasteiger partial charge in [-0.3, -0.25) is 0 Å². The number of aliphatic hydroxyl groups excluding tert-OH is 1. The summed E-state index contributed by atoms with van der Waals surface area (Å²) in [5, 5.41) is 20.9. The van der Waals surface area contributed by atoms with Crippen molar-refractivity contribution >= 4 is 11.7 Å². The summed E-state index contributed by atoms with van der Waals surface area (Å²) in [6, 6.07) is 7.09. The smallest absolute Gasteiger partial charge is 0.322 e. The maximum absolute atomic E-state index is 12.7. The minimum absolute atomic E-state index is 0.240. The average Bonchev–Trinajstić information content (AvgIpc) is 3.21. The molecular weight excluding hydrogens is 320 g/mol. The second-order valence-electron chi connectivity index (χ2n) is 6.66. The van der Waals surface area contributed by atoms with Crippen LogP contribution in [0.5, 0.6) is 0 Å². The maximum atomic E-state index is 12.7. The third-order valence-electron chi connectivity index (χ3n) is 4.41. The van der Waals surface area contributed by atoms with E-state index in [0.717, 1.165) is 11.3 Å². The number of aryl methyl sites for hydroxylation is 1. The number of anilines is 1. The molecule has 1 aromatic carbocycles. The molecule has 25 heavy (non-hydrogen) atoms. The number of benzene rings is 1. The highest BCUT2D eigenvalue weighted by atomic mass is 16.4. The molecule has 0 unspecified atom stereocenters. The van der Waals surface area contributed by atoms with Gasteiger partial charge in [-0.2, -0.15) is 0 Å². The van der Waals surface area contributed by atoms with Gasteiger partial charge in [0.25, 0.3) is 0 Å². The van der Waals surface area contributed by atoms with Crippen molar-refractivity contribution in [3.8, 4) is 0 Å². The highest BCUT2D eigenvalue weighted by Gasteiger charge is 2.38. The normalized spacial score (nSPS) is 20.3. The Labute approximate surface area is 147 Å². The maximum Gasteiger partial charge on any atom is 0.322 e. The zero-order chi connectivity index (χ0) is 18.0. The Kier molecular flexibility index (Phi) is 5.03. The zero-order valence-electron chi connectivity index (χ0n) is 14.8. The van der Waals surface area contributed by atoms with Gasteiger partial charge in [-0.1, -0.05) is 32.9 Å². The fraction of sp³-hybridized carbons (Fsp3) is 0.500. The number of rotatable bonds is 4. The predicted molar refractivity (Wildman–Crippen MR) is 93.3 cm³/mol. The average molecular weight is 344 g/mol. The molecule has 134 valence electrons. The van der Waals surface area contributed by atoms with Gasteiger partial charge in [0.1, 0.15) is 6.04 Å². The number of hydrogen-bond acceptors (Lipinski definition) is 5. The number of nitrogens with zero attached hydrogens (tertiary/aromatic N) is 3. The van der Waals surface area contributed by atoms with Crippen LogP contribution < -0.4 is 5.32 Å². The molecule has 2 heterocycles. The first-order chi connectivity index (χ1) is 12.0. The first-order valence-corrected chi connectivity index (χ1v) is 8.65. The molecule has 2 aromatic rings. The number of urea groups is 1. The van der Waals surface area contributed by atoms with Crippen LogP contribution in [0.2, 0.25) is 0 Å². The van der Waals surface area contributed by atoms with Crippen molar-refractivity contribution in [2.45, 2.75) is 51.7 Å². The fourth-order valence-electron chi connectivity index (χ4n) is 2.99. The molecule has 7 nitrogen and oxygen atoms in total. The summed E-state index contributed by atoms with van der Waals surface area (Å²) in [5.74, 6) is 1.28. The van der Waals surface area contributed by atoms with E-state index in [1.165, 1.54) is 0 Å². The van der Waals surface area contributed by atoms with Crippen LogP contribution in [0.15, 0.2) is 28.7 Å². The van der Waals surface area contributed by atoms with Crippen molar-refractivity contribution in [2.75, 3.05) is 11.9 Å². The Morgan fingerprint density at radius 2 is 2.24 bits per heavy atom. The zero-order valence-corrected chi connectivity index (χ0v) is 14.8. The summed E-state index contributed by atoms with van der Waals surface area (Å²) in [6.45, 7) is 6.38. The van der Waals surface area contributed by atoms with Crippen LogP contribution in [0.1, 0.15) is 56.5 Å². The van der Waals surface area contributed by atoms with Crippen LogP contribution in [0.3, 0.4) is 0 Å². The van der Waals surface area contributed by atoms with Crippen molar-refractivity contribution in [3.63, 3.8) is 0 Å². The molecular formula is C18H24N4O3. The largest absolute Gasteiger partial charge is 0.423 e. The van der Waals surface area contributed by atoms with Crippen molar-refractivity contribution in [3.05, 3.63) is 41.6 Å². The Hall–Kier alpha value is -2.41. The van der Waals surface area contributed by atoms with Gasteiger partial charge >= 0.3 is 6.03 Å². The molecule has 0 spiro atoms. The van der Waals surface area contributed by atoms with E-state index in [9.17, 15) is 9.90 Å². The second kappa shape index (κ2) is 7.23. The summed E-state index contributed by atoms with van der Waals surface area (Å²) in [5.41, 5.74) is 1.89. The van der Waals surface area contributed by atoms with Gasteiger partial charge in [0.05, 0.1) is 6.10 Å². The Morgan fingerprint density at radius 3 is 2.92 bits per heavy atom. The molecule has 2 atom stereocenters. The first kappa shape index (κ1) is 17.4. The predicted octanol–water partition coefficient (Wildman–Crippen LogP) is 3.10. The van der Waals surface area contributed by atoms with Gasteiger partial charge in [0.2, 0.25) is 11.8 Å². The molecule has 0 radical (unpaired) electrons. The van der Waals surface area contributed by atoms with E-state index in [2.05, 4.69) is 29.4 Å². The molecule has 3 rings (SSSR count). The number of nitrogens with one attached hydrogen (secondary N) is 1.